The lowest BCUT2D eigenvalue weighted by Crippen LogP contribution is -2.26. The van der Waals surface area contributed by atoms with Crippen LogP contribution in [0.1, 0.15) is 47.8 Å². The number of anilines is 4. The molecule has 4 aromatic rings. The Morgan fingerprint density at radius 3 is 1.26 bits per heavy atom. The average Bonchev–Trinajstić information content (AvgIpc) is 3.00. The van der Waals surface area contributed by atoms with Gasteiger partial charge in [0.05, 0.1) is 0 Å². The van der Waals surface area contributed by atoms with Crippen LogP contribution in [-0.4, -0.2) is 67.9 Å². The fourth-order valence-corrected chi connectivity index (χ4v) is 4.79. The minimum atomic E-state index is -0.0819. The molecule has 46 heavy (non-hydrogen) atoms. The number of hydrogen-bond acceptors (Lipinski definition) is 12. The average molecular weight is 627 g/mol. The first-order chi connectivity index (χ1) is 22.1. The third kappa shape index (κ3) is 9.81. The van der Waals surface area contributed by atoms with Crippen molar-refractivity contribution in [2.24, 2.45) is 0 Å². The van der Waals surface area contributed by atoms with Gasteiger partial charge in [0.1, 0.15) is 11.6 Å². The van der Waals surface area contributed by atoms with E-state index in [1.54, 1.807) is 0 Å². The molecule has 0 saturated carbocycles. The molecule has 0 saturated heterocycles. The van der Waals surface area contributed by atoms with Crippen LogP contribution < -0.4 is 31.9 Å². The van der Waals surface area contributed by atoms with E-state index in [0.717, 1.165) is 33.4 Å². The van der Waals surface area contributed by atoms with Crippen molar-refractivity contribution in [2.45, 2.75) is 54.6 Å². The Labute approximate surface area is 269 Å². The van der Waals surface area contributed by atoms with E-state index in [9.17, 15) is 9.59 Å². The van der Waals surface area contributed by atoms with Gasteiger partial charge in [-0.15, -0.1) is 0 Å². The van der Waals surface area contributed by atoms with Crippen molar-refractivity contribution in [3.05, 3.63) is 70.3 Å². The van der Waals surface area contributed by atoms with Gasteiger partial charge in [-0.25, -0.2) is 0 Å². The van der Waals surface area contributed by atoms with Crippen molar-refractivity contribution >= 4 is 35.6 Å². The molecule has 2 heterocycles. The van der Waals surface area contributed by atoms with Gasteiger partial charge in [-0.2, -0.15) is 29.9 Å². The van der Waals surface area contributed by atoms with Crippen LogP contribution in [-0.2, 0) is 22.7 Å². The Morgan fingerprint density at radius 1 is 0.522 bits per heavy atom. The standard InChI is InChI=1S/C32H42N12O2/c1-19-25(17-37-31-41-21(3)39-29(43-31)35-15-13-33-23(5)45)9-7-11-27(19)28-12-8-10-26(20(28)2)18-38-32-42-22(4)40-30(44-32)36-16-14-34-24(6)46/h7-12H,13-18H2,1-6H3,(H,33,45)(H,34,46)(H2,35,37,39,41,43)(H2,36,38,40,42,44). The second-order valence-electron chi connectivity index (χ2n) is 10.8. The molecule has 2 aromatic carbocycles. The van der Waals surface area contributed by atoms with E-state index in [-0.39, 0.29) is 11.8 Å². The fourth-order valence-electron chi connectivity index (χ4n) is 4.79. The summed E-state index contributed by atoms with van der Waals surface area (Å²) in [5, 5.41) is 18.4. The lowest BCUT2D eigenvalue weighted by molar-refractivity contribution is -0.119. The summed E-state index contributed by atoms with van der Waals surface area (Å²) in [5.74, 6) is 2.87. The van der Waals surface area contributed by atoms with Crippen molar-refractivity contribution in [1.29, 1.82) is 0 Å². The van der Waals surface area contributed by atoms with Crippen LogP contribution in [0.15, 0.2) is 36.4 Å². The number of aromatic nitrogens is 6. The molecule has 0 spiro atoms. The summed E-state index contributed by atoms with van der Waals surface area (Å²) in [7, 11) is 0. The summed E-state index contributed by atoms with van der Waals surface area (Å²) in [5.41, 5.74) is 6.85. The zero-order valence-electron chi connectivity index (χ0n) is 27.2. The highest BCUT2D eigenvalue weighted by molar-refractivity contribution is 5.73. The highest BCUT2D eigenvalue weighted by Crippen LogP contribution is 2.30. The topological polar surface area (TPSA) is 184 Å². The SMILES string of the molecule is CC(=O)NCCNc1nc(C)nc(NCc2cccc(-c3cccc(CNc4nc(C)nc(NCCNC(C)=O)n4)c3C)c2C)n1. The molecule has 0 unspecified atom stereocenters. The molecule has 0 bridgehead atoms. The third-order valence-electron chi connectivity index (χ3n) is 7.11. The number of amides is 2. The molecule has 0 radical (unpaired) electrons. The van der Waals surface area contributed by atoms with Crippen molar-refractivity contribution in [1.82, 2.24) is 40.5 Å². The Balaban J connectivity index is 1.43. The quantitative estimate of drug-likeness (QED) is 0.106. The molecule has 14 heteroatoms. The van der Waals surface area contributed by atoms with Crippen LogP contribution in [0, 0.1) is 27.7 Å². The van der Waals surface area contributed by atoms with Crippen LogP contribution in [0.5, 0.6) is 0 Å². The van der Waals surface area contributed by atoms with Gasteiger partial charge in [0.15, 0.2) is 0 Å². The van der Waals surface area contributed by atoms with E-state index in [2.05, 4.69) is 112 Å². The van der Waals surface area contributed by atoms with Gasteiger partial charge in [0, 0.05) is 53.1 Å². The Bertz CT molecular complexity index is 1550. The molecule has 0 aliphatic heterocycles. The second-order valence-corrected chi connectivity index (χ2v) is 10.8. The summed E-state index contributed by atoms with van der Waals surface area (Å²) >= 11 is 0. The number of benzene rings is 2. The van der Waals surface area contributed by atoms with Gasteiger partial charge in [0.25, 0.3) is 0 Å². The minimum absolute atomic E-state index is 0.0819. The van der Waals surface area contributed by atoms with Gasteiger partial charge in [0.2, 0.25) is 35.6 Å². The lowest BCUT2D eigenvalue weighted by atomic mass is 9.91. The van der Waals surface area contributed by atoms with Gasteiger partial charge in [-0.05, 0) is 61.1 Å². The van der Waals surface area contributed by atoms with Crippen LogP contribution >= 0.6 is 0 Å². The van der Waals surface area contributed by atoms with Crippen molar-refractivity contribution in [2.75, 3.05) is 47.4 Å². The maximum Gasteiger partial charge on any atom is 0.228 e. The molecular weight excluding hydrogens is 584 g/mol. The summed E-state index contributed by atoms with van der Waals surface area (Å²) < 4.78 is 0. The highest BCUT2D eigenvalue weighted by atomic mass is 16.2. The van der Waals surface area contributed by atoms with Gasteiger partial charge >= 0.3 is 0 Å². The Hall–Kier alpha value is -5.40. The maximum absolute atomic E-state index is 11.1. The molecule has 242 valence electrons. The van der Waals surface area contributed by atoms with Crippen molar-refractivity contribution < 1.29 is 9.59 Å². The number of nitrogens with zero attached hydrogens (tertiary/aromatic N) is 6. The zero-order chi connectivity index (χ0) is 33.1. The van der Waals surface area contributed by atoms with E-state index >= 15 is 0 Å². The number of carbonyl (C=O) groups is 2. The Morgan fingerprint density at radius 2 is 0.891 bits per heavy atom. The van der Waals surface area contributed by atoms with E-state index < -0.39 is 0 Å². The van der Waals surface area contributed by atoms with E-state index in [4.69, 9.17) is 0 Å². The second kappa shape index (κ2) is 16.1. The molecule has 4 rings (SSSR count). The van der Waals surface area contributed by atoms with Crippen LogP contribution in [0.4, 0.5) is 23.8 Å². The maximum atomic E-state index is 11.1. The molecule has 0 aliphatic rings. The normalized spacial score (nSPS) is 10.7. The molecule has 0 fully saturated rings. The Kier molecular flexibility index (Phi) is 11.7. The molecule has 2 aromatic heterocycles. The number of carbonyl (C=O) groups excluding carboxylic acids is 2. The van der Waals surface area contributed by atoms with Gasteiger partial charge in [-0.3, -0.25) is 9.59 Å². The number of aryl methyl sites for hydroxylation is 2. The van der Waals surface area contributed by atoms with Crippen molar-refractivity contribution in [3.63, 3.8) is 0 Å². The van der Waals surface area contributed by atoms with Crippen LogP contribution in [0.25, 0.3) is 11.1 Å². The molecule has 0 aliphatic carbocycles. The minimum Gasteiger partial charge on any atom is -0.355 e. The van der Waals surface area contributed by atoms with Gasteiger partial charge < -0.3 is 31.9 Å². The highest BCUT2D eigenvalue weighted by Gasteiger charge is 2.13. The molecule has 0 atom stereocenters. The number of nitrogens with one attached hydrogen (secondary N) is 6. The van der Waals surface area contributed by atoms with E-state index in [0.29, 0.717) is 74.7 Å². The molecule has 6 N–H and O–H groups in total. The summed E-state index contributed by atoms with van der Waals surface area (Å²) in [6.45, 7) is 13.9. The van der Waals surface area contributed by atoms with Crippen LogP contribution in [0.3, 0.4) is 0 Å². The summed E-state index contributed by atoms with van der Waals surface area (Å²) in [4.78, 5) is 48.7. The number of hydrogen-bond donors (Lipinski definition) is 6. The third-order valence-corrected chi connectivity index (χ3v) is 7.11. The molecule has 14 nitrogen and oxygen atoms in total. The molecular formula is C32H42N12O2. The number of rotatable bonds is 15. The summed E-state index contributed by atoms with van der Waals surface area (Å²) in [6.07, 6.45) is 0. The first kappa shape index (κ1) is 33.5. The fraction of sp³-hybridized carbons (Fsp3) is 0.375. The first-order valence-corrected chi connectivity index (χ1v) is 15.2. The lowest BCUT2D eigenvalue weighted by Gasteiger charge is -2.17. The first-order valence-electron chi connectivity index (χ1n) is 15.2. The van der Waals surface area contributed by atoms with Crippen molar-refractivity contribution in [3.8, 4) is 11.1 Å². The zero-order valence-corrected chi connectivity index (χ0v) is 27.2. The summed E-state index contributed by atoms with van der Waals surface area (Å²) in [6, 6.07) is 12.6. The van der Waals surface area contributed by atoms with Crippen LogP contribution in [0.2, 0.25) is 0 Å². The monoisotopic (exact) mass is 626 g/mol. The van der Waals surface area contributed by atoms with E-state index in [1.807, 2.05) is 13.8 Å². The predicted molar refractivity (Wildman–Crippen MR) is 179 cm³/mol. The molecule has 2 amide bonds. The predicted octanol–water partition coefficient (Wildman–Crippen LogP) is 3.28. The van der Waals surface area contributed by atoms with E-state index in [1.165, 1.54) is 13.8 Å². The van der Waals surface area contributed by atoms with Gasteiger partial charge in [-0.1, -0.05) is 36.4 Å². The largest absolute Gasteiger partial charge is 0.355 e. The smallest absolute Gasteiger partial charge is 0.228 e.